The van der Waals surface area contributed by atoms with E-state index in [0.29, 0.717) is 17.9 Å². The van der Waals surface area contributed by atoms with E-state index in [0.717, 1.165) is 59.8 Å². The number of nitrogens with zero attached hydrogens (tertiary/aromatic N) is 1. The molecular formula is C26H23F4N3. The minimum atomic E-state index is -4.48. The zero-order valence-corrected chi connectivity index (χ0v) is 18.1. The lowest BCUT2D eigenvalue weighted by molar-refractivity contribution is -0.137. The number of benzene rings is 2. The van der Waals surface area contributed by atoms with Gasteiger partial charge in [0.25, 0.3) is 0 Å². The third-order valence-electron chi connectivity index (χ3n) is 6.31. The summed E-state index contributed by atoms with van der Waals surface area (Å²) in [5.41, 5.74) is 4.88. The molecule has 0 unspecified atom stereocenters. The predicted octanol–water partition coefficient (Wildman–Crippen LogP) is 7.05. The molecule has 5 rings (SSSR count). The van der Waals surface area contributed by atoms with Crippen LogP contribution < -0.4 is 10.6 Å². The third-order valence-corrected chi connectivity index (χ3v) is 6.31. The number of hydrogen-bond acceptors (Lipinski definition) is 3. The fourth-order valence-corrected chi connectivity index (χ4v) is 4.65. The van der Waals surface area contributed by atoms with Crippen molar-refractivity contribution in [1.82, 2.24) is 4.98 Å². The fourth-order valence-electron chi connectivity index (χ4n) is 4.65. The van der Waals surface area contributed by atoms with Crippen LogP contribution in [0.1, 0.15) is 42.0 Å². The van der Waals surface area contributed by atoms with Crippen LogP contribution in [0.15, 0.2) is 54.1 Å². The predicted molar refractivity (Wildman–Crippen MR) is 122 cm³/mol. The highest BCUT2D eigenvalue weighted by atomic mass is 19.4. The van der Waals surface area contributed by atoms with Crippen LogP contribution in [0.25, 0.3) is 17.0 Å². The van der Waals surface area contributed by atoms with Gasteiger partial charge in [0.1, 0.15) is 11.6 Å². The molecule has 0 spiro atoms. The van der Waals surface area contributed by atoms with E-state index >= 15 is 0 Å². The van der Waals surface area contributed by atoms with E-state index in [1.54, 1.807) is 18.2 Å². The summed E-state index contributed by atoms with van der Waals surface area (Å²) >= 11 is 0. The molecular weight excluding hydrogens is 430 g/mol. The van der Waals surface area contributed by atoms with Crippen LogP contribution in [0.5, 0.6) is 0 Å². The minimum Gasteiger partial charge on any atom is -0.381 e. The molecule has 7 heteroatoms. The van der Waals surface area contributed by atoms with Crippen LogP contribution in [0.2, 0.25) is 0 Å². The van der Waals surface area contributed by atoms with Gasteiger partial charge in [-0.3, -0.25) is 0 Å². The summed E-state index contributed by atoms with van der Waals surface area (Å²) in [6.07, 6.45) is -0.916. The Morgan fingerprint density at radius 3 is 2.58 bits per heavy atom. The Labute approximate surface area is 189 Å². The molecule has 2 N–H and O–H groups in total. The monoisotopic (exact) mass is 453 g/mol. The lowest BCUT2D eigenvalue weighted by atomic mass is 9.90. The molecule has 2 heterocycles. The first kappa shape index (κ1) is 21.5. The van der Waals surface area contributed by atoms with Crippen molar-refractivity contribution >= 4 is 17.2 Å². The van der Waals surface area contributed by atoms with E-state index in [9.17, 15) is 17.6 Å². The molecule has 170 valence electrons. The van der Waals surface area contributed by atoms with Crippen molar-refractivity contribution in [2.45, 2.75) is 38.8 Å². The molecule has 2 aromatic carbocycles. The van der Waals surface area contributed by atoms with Gasteiger partial charge in [-0.1, -0.05) is 18.2 Å². The number of hydrogen-bond donors (Lipinski definition) is 2. The summed E-state index contributed by atoms with van der Waals surface area (Å²) in [6, 6.07) is 11.9. The maximum Gasteiger partial charge on any atom is 0.417 e. The van der Waals surface area contributed by atoms with Gasteiger partial charge in [0.15, 0.2) is 0 Å². The first-order valence-electron chi connectivity index (χ1n) is 11.0. The summed E-state index contributed by atoms with van der Waals surface area (Å²) in [4.78, 5) is 4.69. The SMILES string of the molecule is CC1=C(Nc2nc(-c3ccccc3C(F)(F)F)cc3c2CCCC3)c2cc(F)ccc2NC1. The summed E-state index contributed by atoms with van der Waals surface area (Å²) in [5, 5.41) is 6.66. The summed E-state index contributed by atoms with van der Waals surface area (Å²) < 4.78 is 55.2. The smallest absolute Gasteiger partial charge is 0.381 e. The Hall–Kier alpha value is -3.35. The topological polar surface area (TPSA) is 37.0 Å². The van der Waals surface area contributed by atoms with Gasteiger partial charge in [0.05, 0.1) is 11.3 Å². The Morgan fingerprint density at radius 2 is 1.76 bits per heavy atom. The molecule has 0 amide bonds. The largest absolute Gasteiger partial charge is 0.417 e. The number of aromatic nitrogens is 1. The van der Waals surface area contributed by atoms with Crippen LogP contribution in [-0.2, 0) is 19.0 Å². The van der Waals surface area contributed by atoms with Gasteiger partial charge in [0.2, 0.25) is 0 Å². The average molecular weight is 453 g/mol. The molecule has 2 aliphatic rings. The lowest BCUT2D eigenvalue weighted by Crippen LogP contribution is -2.19. The zero-order valence-electron chi connectivity index (χ0n) is 18.1. The molecule has 1 aromatic heterocycles. The van der Waals surface area contributed by atoms with Gasteiger partial charge in [-0.15, -0.1) is 0 Å². The maximum atomic E-state index is 14.0. The van der Waals surface area contributed by atoms with Crippen molar-refractivity contribution in [1.29, 1.82) is 0 Å². The third kappa shape index (κ3) is 4.08. The zero-order chi connectivity index (χ0) is 23.2. The van der Waals surface area contributed by atoms with Gasteiger partial charge in [-0.2, -0.15) is 13.2 Å². The molecule has 0 fully saturated rings. The second kappa shape index (κ2) is 8.21. The molecule has 33 heavy (non-hydrogen) atoms. The molecule has 1 aliphatic carbocycles. The molecule has 0 saturated carbocycles. The van der Waals surface area contributed by atoms with Crippen LogP contribution in [0.3, 0.4) is 0 Å². The normalized spacial score (nSPS) is 15.5. The van der Waals surface area contributed by atoms with Crippen molar-refractivity contribution in [3.8, 4) is 11.3 Å². The fraction of sp³-hybridized carbons (Fsp3) is 0.269. The second-order valence-electron chi connectivity index (χ2n) is 8.57. The van der Waals surface area contributed by atoms with E-state index in [-0.39, 0.29) is 17.1 Å². The number of rotatable bonds is 3. The van der Waals surface area contributed by atoms with Gasteiger partial charge in [-0.05, 0) is 79.6 Å². The number of pyridine rings is 1. The molecule has 3 aromatic rings. The van der Waals surface area contributed by atoms with E-state index < -0.39 is 11.7 Å². The highest BCUT2D eigenvalue weighted by molar-refractivity contribution is 5.88. The van der Waals surface area contributed by atoms with Crippen molar-refractivity contribution in [3.63, 3.8) is 0 Å². The number of halogens is 4. The Balaban J connectivity index is 1.65. The number of fused-ring (bicyclic) bond motifs is 2. The summed E-state index contributed by atoms with van der Waals surface area (Å²) in [6.45, 7) is 2.53. The van der Waals surface area contributed by atoms with E-state index in [2.05, 4.69) is 10.6 Å². The van der Waals surface area contributed by atoms with Gasteiger partial charge in [-0.25, -0.2) is 9.37 Å². The number of nitrogens with one attached hydrogen (secondary N) is 2. The lowest BCUT2D eigenvalue weighted by Gasteiger charge is -2.27. The van der Waals surface area contributed by atoms with E-state index in [4.69, 9.17) is 4.98 Å². The Bertz CT molecular complexity index is 1260. The quantitative estimate of drug-likeness (QED) is 0.417. The molecule has 0 radical (unpaired) electrons. The molecule has 1 aliphatic heterocycles. The summed E-state index contributed by atoms with van der Waals surface area (Å²) in [7, 11) is 0. The number of aryl methyl sites for hydroxylation is 1. The first-order chi connectivity index (χ1) is 15.8. The number of anilines is 2. The Kier molecular flexibility index (Phi) is 5.35. The van der Waals surface area contributed by atoms with Gasteiger partial charge in [0, 0.05) is 29.1 Å². The van der Waals surface area contributed by atoms with E-state index in [1.165, 1.54) is 24.3 Å². The molecule has 3 nitrogen and oxygen atoms in total. The van der Waals surface area contributed by atoms with Crippen molar-refractivity contribution in [2.75, 3.05) is 17.2 Å². The van der Waals surface area contributed by atoms with Crippen LogP contribution in [0, 0.1) is 5.82 Å². The number of alkyl halides is 3. The minimum absolute atomic E-state index is 0.0591. The Morgan fingerprint density at radius 1 is 0.970 bits per heavy atom. The van der Waals surface area contributed by atoms with Crippen molar-refractivity contribution in [3.05, 3.63) is 82.2 Å². The molecule has 0 saturated heterocycles. The van der Waals surface area contributed by atoms with Crippen LogP contribution in [-0.4, -0.2) is 11.5 Å². The molecule has 0 bridgehead atoms. The highest BCUT2D eigenvalue weighted by Crippen LogP contribution is 2.40. The van der Waals surface area contributed by atoms with Crippen LogP contribution >= 0.6 is 0 Å². The van der Waals surface area contributed by atoms with Crippen LogP contribution in [0.4, 0.5) is 29.1 Å². The highest BCUT2D eigenvalue weighted by Gasteiger charge is 2.34. The average Bonchev–Trinajstić information content (AvgIpc) is 2.80. The van der Waals surface area contributed by atoms with Gasteiger partial charge >= 0.3 is 6.18 Å². The van der Waals surface area contributed by atoms with E-state index in [1.807, 2.05) is 6.92 Å². The summed E-state index contributed by atoms with van der Waals surface area (Å²) in [5.74, 6) is 0.193. The second-order valence-corrected chi connectivity index (χ2v) is 8.57. The maximum absolute atomic E-state index is 14.0. The standard InChI is InChI=1S/C26H23F4N3/c1-15-14-31-22-11-10-17(27)13-20(22)24(15)33-25-18-7-3-2-6-16(18)12-23(32-25)19-8-4-5-9-21(19)26(28,29)30/h4-5,8-13,31H,2-3,6-7,14H2,1H3,(H,32,33). The van der Waals surface area contributed by atoms with Gasteiger partial charge < -0.3 is 10.6 Å². The van der Waals surface area contributed by atoms with Crippen molar-refractivity contribution < 1.29 is 17.6 Å². The first-order valence-corrected chi connectivity index (χ1v) is 11.0. The molecule has 0 atom stereocenters. The van der Waals surface area contributed by atoms with Crippen molar-refractivity contribution in [2.24, 2.45) is 0 Å².